The molecule has 5 heterocycles. The number of piperazine rings is 1. The summed E-state index contributed by atoms with van der Waals surface area (Å²) in [6.45, 7) is 8.45. The highest BCUT2D eigenvalue weighted by Gasteiger charge is 2.23. The third kappa shape index (κ3) is 4.77. The van der Waals surface area contributed by atoms with Crippen molar-refractivity contribution in [3.05, 3.63) is 54.0 Å². The highest BCUT2D eigenvalue weighted by Crippen LogP contribution is 2.32. The smallest absolute Gasteiger partial charge is 0.222 e. The van der Waals surface area contributed by atoms with E-state index in [1.165, 1.54) is 5.57 Å². The van der Waals surface area contributed by atoms with Crippen LogP contribution in [0.25, 0.3) is 22.2 Å². The fourth-order valence-corrected chi connectivity index (χ4v) is 4.78. The molecule has 2 aliphatic heterocycles. The molecular formula is C27H30N6O2. The summed E-state index contributed by atoms with van der Waals surface area (Å²) in [6, 6.07) is 8.49. The third-order valence-corrected chi connectivity index (χ3v) is 6.66. The van der Waals surface area contributed by atoms with Gasteiger partial charge in [-0.05, 0) is 41.7 Å². The fourth-order valence-electron chi connectivity index (χ4n) is 4.78. The number of nitrogens with zero attached hydrogens (tertiary/aromatic N) is 6. The van der Waals surface area contributed by atoms with Gasteiger partial charge in [-0.15, -0.1) is 0 Å². The number of carbonyl (C=O) groups excluding carboxylic acids is 1. The van der Waals surface area contributed by atoms with Crippen molar-refractivity contribution in [2.24, 2.45) is 5.92 Å². The molecule has 1 amide bonds. The zero-order valence-electron chi connectivity index (χ0n) is 20.3. The Labute approximate surface area is 205 Å². The number of fused-ring (bicyclic) bond motifs is 1. The van der Waals surface area contributed by atoms with Gasteiger partial charge in [-0.1, -0.05) is 19.9 Å². The molecular weight excluding hydrogens is 440 g/mol. The normalized spacial score (nSPS) is 16.5. The average Bonchev–Trinajstić information content (AvgIpc) is 3.32. The van der Waals surface area contributed by atoms with Crippen molar-refractivity contribution in [3.8, 4) is 17.2 Å². The van der Waals surface area contributed by atoms with Gasteiger partial charge in [0.15, 0.2) is 0 Å². The SMILES string of the molecule is CC(C)CC(=O)N1CCN(c2ccc(-c3cc(C4=CCOCC4)cn4ncc(C#N)c34)cn2)CC1. The molecule has 0 radical (unpaired) electrons. The molecule has 2 aliphatic rings. The minimum absolute atomic E-state index is 0.237. The number of hydrogen-bond acceptors (Lipinski definition) is 6. The molecule has 3 aromatic rings. The molecule has 0 aromatic carbocycles. The summed E-state index contributed by atoms with van der Waals surface area (Å²) in [4.78, 5) is 21.3. The summed E-state index contributed by atoms with van der Waals surface area (Å²) in [7, 11) is 0. The molecule has 5 rings (SSSR count). The highest BCUT2D eigenvalue weighted by molar-refractivity contribution is 5.87. The summed E-state index contributed by atoms with van der Waals surface area (Å²) in [5.74, 6) is 1.51. The lowest BCUT2D eigenvalue weighted by Crippen LogP contribution is -2.49. The zero-order chi connectivity index (χ0) is 24.4. The van der Waals surface area contributed by atoms with Gasteiger partial charge in [0, 0.05) is 56.1 Å². The molecule has 0 spiro atoms. The maximum Gasteiger partial charge on any atom is 0.222 e. The standard InChI is InChI=1S/C27H30N6O2/c1-19(2)13-26(34)32-9-7-31(8-10-32)25-4-3-21(16-29-25)24-14-22(20-5-11-35-12-6-20)18-33-27(24)23(15-28)17-30-33/h3-5,14,16-19H,6-13H2,1-2H3. The van der Waals surface area contributed by atoms with Crippen LogP contribution < -0.4 is 4.90 Å². The van der Waals surface area contributed by atoms with Gasteiger partial charge in [0.05, 0.1) is 30.5 Å². The molecule has 8 heteroatoms. The first-order valence-electron chi connectivity index (χ1n) is 12.2. The minimum Gasteiger partial charge on any atom is -0.377 e. The van der Waals surface area contributed by atoms with E-state index in [4.69, 9.17) is 9.72 Å². The van der Waals surface area contributed by atoms with Crippen LogP contribution in [0.1, 0.15) is 37.8 Å². The molecule has 3 aromatic heterocycles. The number of rotatable bonds is 5. The summed E-state index contributed by atoms with van der Waals surface area (Å²) >= 11 is 0. The van der Waals surface area contributed by atoms with Crippen molar-refractivity contribution in [2.45, 2.75) is 26.7 Å². The van der Waals surface area contributed by atoms with Crippen LogP contribution in [0.5, 0.6) is 0 Å². The number of carbonyl (C=O) groups is 1. The van der Waals surface area contributed by atoms with Crippen molar-refractivity contribution in [1.82, 2.24) is 19.5 Å². The number of ether oxygens (including phenoxy) is 1. The van der Waals surface area contributed by atoms with Crippen LogP contribution in [0, 0.1) is 17.2 Å². The van der Waals surface area contributed by atoms with Crippen molar-refractivity contribution in [1.29, 1.82) is 5.26 Å². The summed E-state index contributed by atoms with van der Waals surface area (Å²) < 4.78 is 7.27. The number of pyridine rings is 2. The molecule has 180 valence electrons. The lowest BCUT2D eigenvalue weighted by molar-refractivity contribution is -0.132. The minimum atomic E-state index is 0.237. The van der Waals surface area contributed by atoms with Gasteiger partial charge in [0.25, 0.3) is 0 Å². The van der Waals surface area contributed by atoms with Gasteiger partial charge >= 0.3 is 0 Å². The first-order chi connectivity index (χ1) is 17.0. The van der Waals surface area contributed by atoms with E-state index in [1.54, 1.807) is 10.7 Å². The molecule has 1 fully saturated rings. The van der Waals surface area contributed by atoms with E-state index in [9.17, 15) is 10.1 Å². The Morgan fingerprint density at radius 2 is 2.00 bits per heavy atom. The second-order valence-electron chi connectivity index (χ2n) is 9.53. The Morgan fingerprint density at radius 1 is 1.17 bits per heavy atom. The van der Waals surface area contributed by atoms with Crippen molar-refractivity contribution < 1.29 is 9.53 Å². The van der Waals surface area contributed by atoms with Gasteiger partial charge in [-0.3, -0.25) is 4.79 Å². The van der Waals surface area contributed by atoms with Crippen LogP contribution in [0.4, 0.5) is 5.82 Å². The van der Waals surface area contributed by atoms with E-state index < -0.39 is 0 Å². The number of hydrogen-bond donors (Lipinski definition) is 0. The Morgan fingerprint density at radius 3 is 2.66 bits per heavy atom. The monoisotopic (exact) mass is 470 g/mol. The number of amides is 1. The first kappa shape index (κ1) is 23.1. The Balaban J connectivity index is 1.40. The molecule has 0 atom stereocenters. The van der Waals surface area contributed by atoms with E-state index >= 15 is 0 Å². The topological polar surface area (TPSA) is 86.8 Å². The Kier molecular flexibility index (Phi) is 6.51. The molecule has 35 heavy (non-hydrogen) atoms. The van der Waals surface area contributed by atoms with Crippen molar-refractivity contribution in [2.75, 3.05) is 44.3 Å². The van der Waals surface area contributed by atoms with Crippen LogP contribution in [-0.2, 0) is 9.53 Å². The average molecular weight is 471 g/mol. The van der Waals surface area contributed by atoms with E-state index in [-0.39, 0.29) is 5.91 Å². The third-order valence-electron chi connectivity index (χ3n) is 6.66. The Hall–Kier alpha value is -3.70. The van der Waals surface area contributed by atoms with Gasteiger partial charge in [0.2, 0.25) is 5.91 Å². The van der Waals surface area contributed by atoms with E-state index in [1.807, 2.05) is 23.4 Å². The van der Waals surface area contributed by atoms with E-state index in [2.05, 4.69) is 48.1 Å². The summed E-state index contributed by atoms with van der Waals surface area (Å²) in [5, 5.41) is 14.1. The van der Waals surface area contributed by atoms with Crippen LogP contribution in [0.2, 0.25) is 0 Å². The van der Waals surface area contributed by atoms with Crippen LogP contribution in [-0.4, -0.2) is 64.8 Å². The van der Waals surface area contributed by atoms with Gasteiger partial charge in [0.1, 0.15) is 11.9 Å². The lowest BCUT2D eigenvalue weighted by atomic mass is 9.98. The molecule has 0 unspecified atom stereocenters. The predicted molar refractivity (Wildman–Crippen MR) is 135 cm³/mol. The lowest BCUT2D eigenvalue weighted by Gasteiger charge is -2.35. The van der Waals surface area contributed by atoms with Crippen LogP contribution >= 0.6 is 0 Å². The molecule has 0 saturated carbocycles. The largest absolute Gasteiger partial charge is 0.377 e. The van der Waals surface area contributed by atoms with Crippen molar-refractivity contribution in [3.63, 3.8) is 0 Å². The Bertz CT molecular complexity index is 1290. The maximum absolute atomic E-state index is 12.4. The van der Waals surface area contributed by atoms with Crippen LogP contribution in [0.3, 0.4) is 0 Å². The second kappa shape index (κ2) is 9.88. The molecule has 1 saturated heterocycles. The maximum atomic E-state index is 12.4. The summed E-state index contributed by atoms with van der Waals surface area (Å²) in [6.07, 6.45) is 9.03. The first-order valence-corrected chi connectivity index (χ1v) is 12.2. The fraction of sp³-hybridized carbons (Fsp3) is 0.407. The predicted octanol–water partition coefficient (Wildman–Crippen LogP) is 3.77. The van der Waals surface area contributed by atoms with E-state index in [0.29, 0.717) is 31.1 Å². The molecule has 0 N–H and O–H groups in total. The quantitative estimate of drug-likeness (QED) is 0.564. The van der Waals surface area contributed by atoms with E-state index in [0.717, 1.165) is 60.6 Å². The molecule has 8 nitrogen and oxygen atoms in total. The van der Waals surface area contributed by atoms with Gasteiger partial charge < -0.3 is 14.5 Å². The van der Waals surface area contributed by atoms with Gasteiger partial charge in [-0.2, -0.15) is 10.4 Å². The second-order valence-corrected chi connectivity index (χ2v) is 9.53. The van der Waals surface area contributed by atoms with Crippen LogP contribution in [0.15, 0.2) is 42.9 Å². The molecule has 0 aliphatic carbocycles. The highest BCUT2D eigenvalue weighted by atomic mass is 16.5. The summed E-state index contributed by atoms with van der Waals surface area (Å²) in [5.41, 5.74) is 5.51. The molecule has 0 bridgehead atoms. The zero-order valence-corrected chi connectivity index (χ0v) is 20.3. The van der Waals surface area contributed by atoms with Crippen molar-refractivity contribution >= 4 is 22.8 Å². The number of nitriles is 1. The number of anilines is 1. The van der Waals surface area contributed by atoms with Gasteiger partial charge in [-0.25, -0.2) is 9.50 Å². The number of aromatic nitrogens is 3.